The third-order valence-corrected chi connectivity index (χ3v) is 3.77. The number of rotatable bonds is 7. The van der Waals surface area contributed by atoms with E-state index in [2.05, 4.69) is 19.2 Å². The number of halogens is 1. The number of carbonyl (C=O) groups excluding carboxylic acids is 2. The number of nitrogens with one attached hydrogen (secondary N) is 1. The van der Waals surface area contributed by atoms with E-state index in [9.17, 15) is 9.59 Å². The number of amides is 2. The predicted octanol–water partition coefficient (Wildman–Crippen LogP) is 4.09. The number of anilines is 1. The quantitative estimate of drug-likeness (QED) is 0.794. The lowest BCUT2D eigenvalue weighted by Crippen LogP contribution is -2.34. The minimum absolute atomic E-state index is 0.0570. The molecule has 0 saturated heterocycles. The standard InChI is InChI=1S/C20H23ClN2O3/c1-14(2)13-26-18-6-4-5-15(11-18)20(25)23(3)12-19(24)22-17-9-7-16(21)8-10-17/h4-11,14H,12-13H2,1-3H3,(H,22,24). The van der Waals surface area contributed by atoms with Gasteiger partial charge in [0, 0.05) is 23.3 Å². The Labute approximate surface area is 158 Å². The van der Waals surface area contributed by atoms with Gasteiger partial charge in [-0.05, 0) is 48.4 Å². The first kappa shape index (κ1) is 19.8. The number of carbonyl (C=O) groups is 2. The molecule has 0 heterocycles. The van der Waals surface area contributed by atoms with Gasteiger partial charge in [0.2, 0.25) is 5.91 Å². The molecule has 0 unspecified atom stereocenters. The van der Waals surface area contributed by atoms with E-state index in [1.807, 2.05) is 6.07 Å². The van der Waals surface area contributed by atoms with Crippen molar-refractivity contribution in [3.63, 3.8) is 0 Å². The van der Waals surface area contributed by atoms with Crippen molar-refractivity contribution in [3.8, 4) is 5.75 Å². The van der Waals surface area contributed by atoms with Crippen LogP contribution in [0.5, 0.6) is 5.75 Å². The second-order valence-electron chi connectivity index (χ2n) is 6.45. The van der Waals surface area contributed by atoms with E-state index in [4.69, 9.17) is 16.3 Å². The molecule has 0 aliphatic carbocycles. The minimum Gasteiger partial charge on any atom is -0.493 e. The van der Waals surface area contributed by atoms with Crippen LogP contribution in [0.3, 0.4) is 0 Å². The molecule has 2 aromatic rings. The molecule has 26 heavy (non-hydrogen) atoms. The average Bonchev–Trinajstić information content (AvgIpc) is 2.61. The van der Waals surface area contributed by atoms with Crippen LogP contribution < -0.4 is 10.1 Å². The second-order valence-corrected chi connectivity index (χ2v) is 6.89. The van der Waals surface area contributed by atoms with E-state index in [-0.39, 0.29) is 18.4 Å². The molecule has 0 aromatic heterocycles. The zero-order valence-electron chi connectivity index (χ0n) is 15.2. The lowest BCUT2D eigenvalue weighted by molar-refractivity contribution is -0.116. The first-order chi connectivity index (χ1) is 12.3. The molecular formula is C20H23ClN2O3. The van der Waals surface area contributed by atoms with Crippen molar-refractivity contribution in [2.24, 2.45) is 5.92 Å². The zero-order valence-corrected chi connectivity index (χ0v) is 15.9. The van der Waals surface area contributed by atoms with Gasteiger partial charge in [-0.15, -0.1) is 0 Å². The zero-order chi connectivity index (χ0) is 19.1. The van der Waals surface area contributed by atoms with Crippen molar-refractivity contribution < 1.29 is 14.3 Å². The summed E-state index contributed by atoms with van der Waals surface area (Å²) in [5.74, 6) is 0.513. The van der Waals surface area contributed by atoms with Crippen molar-refractivity contribution in [2.75, 3.05) is 25.5 Å². The molecule has 0 atom stereocenters. The number of hydrogen-bond acceptors (Lipinski definition) is 3. The molecule has 0 radical (unpaired) electrons. The maximum atomic E-state index is 12.5. The lowest BCUT2D eigenvalue weighted by atomic mass is 10.2. The summed E-state index contributed by atoms with van der Waals surface area (Å²) in [5, 5.41) is 3.33. The third-order valence-electron chi connectivity index (χ3n) is 3.52. The molecule has 2 amide bonds. The van der Waals surface area contributed by atoms with Crippen LogP contribution >= 0.6 is 11.6 Å². The highest BCUT2D eigenvalue weighted by molar-refractivity contribution is 6.30. The van der Waals surface area contributed by atoms with Crippen LogP contribution in [0.25, 0.3) is 0 Å². The Kier molecular flexibility index (Phi) is 7.04. The number of hydrogen-bond donors (Lipinski definition) is 1. The van der Waals surface area contributed by atoms with Crippen LogP contribution in [0, 0.1) is 5.92 Å². The monoisotopic (exact) mass is 374 g/mol. The summed E-state index contributed by atoms with van der Waals surface area (Å²) >= 11 is 5.82. The van der Waals surface area contributed by atoms with Gasteiger partial charge in [0.25, 0.3) is 5.91 Å². The van der Waals surface area contributed by atoms with Crippen LogP contribution in [-0.4, -0.2) is 36.9 Å². The Balaban J connectivity index is 1.94. The molecule has 2 aromatic carbocycles. The molecule has 0 aliphatic heterocycles. The van der Waals surface area contributed by atoms with Gasteiger partial charge in [0.15, 0.2) is 0 Å². The summed E-state index contributed by atoms with van der Waals surface area (Å²) < 4.78 is 5.65. The molecule has 5 nitrogen and oxygen atoms in total. The number of ether oxygens (including phenoxy) is 1. The normalized spacial score (nSPS) is 10.5. The number of benzene rings is 2. The maximum Gasteiger partial charge on any atom is 0.254 e. The van der Waals surface area contributed by atoms with Crippen LogP contribution in [0.1, 0.15) is 24.2 Å². The van der Waals surface area contributed by atoms with E-state index >= 15 is 0 Å². The van der Waals surface area contributed by atoms with E-state index in [1.165, 1.54) is 4.90 Å². The maximum absolute atomic E-state index is 12.5. The predicted molar refractivity (Wildman–Crippen MR) is 104 cm³/mol. The first-order valence-electron chi connectivity index (χ1n) is 8.39. The molecule has 0 fully saturated rings. The van der Waals surface area contributed by atoms with Gasteiger partial charge in [-0.1, -0.05) is 31.5 Å². The fourth-order valence-corrected chi connectivity index (χ4v) is 2.35. The molecule has 0 bridgehead atoms. The number of nitrogens with zero attached hydrogens (tertiary/aromatic N) is 1. The van der Waals surface area contributed by atoms with Gasteiger partial charge in [0.05, 0.1) is 13.2 Å². The molecule has 0 aliphatic rings. The summed E-state index contributed by atoms with van der Waals surface area (Å²) in [6.45, 7) is 4.64. The minimum atomic E-state index is -0.282. The molecule has 2 rings (SSSR count). The van der Waals surface area contributed by atoms with Crippen molar-refractivity contribution >= 4 is 29.1 Å². The number of likely N-dealkylation sites (N-methyl/N-ethyl adjacent to an activating group) is 1. The molecule has 1 N–H and O–H groups in total. The Morgan fingerprint density at radius 2 is 1.85 bits per heavy atom. The molecule has 0 spiro atoms. The fourth-order valence-electron chi connectivity index (χ4n) is 2.22. The summed E-state index contributed by atoms with van der Waals surface area (Å²) in [4.78, 5) is 26.0. The van der Waals surface area contributed by atoms with Crippen molar-refractivity contribution in [3.05, 3.63) is 59.1 Å². The van der Waals surface area contributed by atoms with Crippen LogP contribution in [0.2, 0.25) is 5.02 Å². The van der Waals surface area contributed by atoms with E-state index in [1.54, 1.807) is 49.5 Å². The summed E-state index contributed by atoms with van der Waals surface area (Å²) in [6, 6.07) is 13.8. The molecule has 0 saturated carbocycles. The highest BCUT2D eigenvalue weighted by atomic mass is 35.5. The third kappa shape index (κ3) is 6.08. The van der Waals surface area contributed by atoms with Gasteiger partial charge in [-0.2, -0.15) is 0 Å². The lowest BCUT2D eigenvalue weighted by Gasteiger charge is -2.17. The van der Waals surface area contributed by atoms with Gasteiger partial charge in [-0.25, -0.2) is 0 Å². The topological polar surface area (TPSA) is 58.6 Å². The van der Waals surface area contributed by atoms with Gasteiger partial charge < -0.3 is 15.0 Å². The Bertz CT molecular complexity index is 760. The molecule has 138 valence electrons. The van der Waals surface area contributed by atoms with E-state index < -0.39 is 0 Å². The molecular weight excluding hydrogens is 352 g/mol. The Hall–Kier alpha value is -2.53. The van der Waals surface area contributed by atoms with Crippen molar-refractivity contribution in [1.82, 2.24) is 4.90 Å². The van der Waals surface area contributed by atoms with Gasteiger partial charge in [-0.3, -0.25) is 9.59 Å². The van der Waals surface area contributed by atoms with Crippen molar-refractivity contribution in [1.29, 1.82) is 0 Å². The highest BCUT2D eigenvalue weighted by Crippen LogP contribution is 2.16. The smallest absolute Gasteiger partial charge is 0.254 e. The fraction of sp³-hybridized carbons (Fsp3) is 0.300. The second kappa shape index (κ2) is 9.25. The first-order valence-corrected chi connectivity index (χ1v) is 8.76. The van der Waals surface area contributed by atoms with Gasteiger partial charge in [0.1, 0.15) is 5.75 Å². The Morgan fingerprint density at radius 1 is 1.15 bits per heavy atom. The summed E-state index contributed by atoms with van der Waals surface area (Å²) in [7, 11) is 1.59. The van der Waals surface area contributed by atoms with E-state index in [0.29, 0.717) is 34.5 Å². The summed E-state index contributed by atoms with van der Waals surface area (Å²) in [6.07, 6.45) is 0. The van der Waals surface area contributed by atoms with Crippen LogP contribution in [0.4, 0.5) is 5.69 Å². The summed E-state index contributed by atoms with van der Waals surface area (Å²) in [5.41, 5.74) is 1.11. The molecule has 6 heteroatoms. The average molecular weight is 375 g/mol. The Morgan fingerprint density at radius 3 is 2.50 bits per heavy atom. The van der Waals surface area contributed by atoms with Crippen molar-refractivity contribution in [2.45, 2.75) is 13.8 Å². The van der Waals surface area contributed by atoms with E-state index in [0.717, 1.165) is 0 Å². The van der Waals surface area contributed by atoms with Crippen LogP contribution in [0.15, 0.2) is 48.5 Å². The van der Waals surface area contributed by atoms with Crippen LogP contribution in [-0.2, 0) is 4.79 Å². The SMILES string of the molecule is CC(C)COc1cccc(C(=O)N(C)CC(=O)Nc2ccc(Cl)cc2)c1. The largest absolute Gasteiger partial charge is 0.493 e. The highest BCUT2D eigenvalue weighted by Gasteiger charge is 2.16. The van der Waals surface area contributed by atoms with Gasteiger partial charge >= 0.3 is 0 Å².